The van der Waals surface area contributed by atoms with Crippen LogP contribution in [0.15, 0.2) is 36.0 Å². The van der Waals surface area contributed by atoms with Gasteiger partial charge in [0.05, 0.1) is 18.8 Å². The Labute approximate surface area is 171 Å². The third-order valence-electron chi connectivity index (χ3n) is 5.59. The van der Waals surface area contributed by atoms with Crippen LogP contribution in [-0.2, 0) is 11.2 Å². The molecule has 0 amide bonds. The van der Waals surface area contributed by atoms with Crippen LogP contribution in [0, 0.1) is 5.82 Å². The number of pyridine rings is 1. The van der Waals surface area contributed by atoms with Gasteiger partial charge in [0, 0.05) is 37.9 Å². The molecule has 154 valence electrons. The van der Waals surface area contributed by atoms with Crippen molar-refractivity contribution in [1.29, 1.82) is 0 Å². The van der Waals surface area contributed by atoms with Crippen molar-refractivity contribution in [1.82, 2.24) is 10.3 Å². The molecule has 4 rings (SSSR count). The molecule has 1 atom stereocenters. The number of nitrogens with zero attached hydrogens (tertiary/aromatic N) is 2. The Bertz CT molecular complexity index is 911. The van der Waals surface area contributed by atoms with E-state index in [2.05, 4.69) is 17.1 Å². The molecule has 2 aliphatic rings. The average molecular weight is 397 g/mol. The molecule has 5 nitrogen and oxygen atoms in total. The fourth-order valence-electron chi connectivity index (χ4n) is 4.08. The molecule has 1 aromatic heterocycles. The summed E-state index contributed by atoms with van der Waals surface area (Å²) in [5.74, 6) is 0.679. The molecule has 2 aliphatic heterocycles. The van der Waals surface area contributed by atoms with Crippen LogP contribution in [0.4, 0.5) is 10.1 Å². The summed E-state index contributed by atoms with van der Waals surface area (Å²) >= 11 is 0. The smallest absolute Gasteiger partial charge is 0.150 e. The Hall–Kier alpha value is -2.44. The lowest BCUT2D eigenvalue weighted by atomic mass is 9.94. The molecule has 0 spiro atoms. The molecule has 1 unspecified atom stereocenters. The lowest BCUT2D eigenvalue weighted by Crippen LogP contribution is -2.47. The minimum Gasteiger partial charge on any atom is -0.485 e. The second-order valence-corrected chi connectivity index (χ2v) is 7.66. The van der Waals surface area contributed by atoms with E-state index in [9.17, 15) is 4.39 Å². The second-order valence-electron chi connectivity index (χ2n) is 7.66. The highest BCUT2D eigenvalue weighted by molar-refractivity contribution is 5.84. The van der Waals surface area contributed by atoms with Crippen LogP contribution in [0.25, 0.3) is 5.57 Å². The van der Waals surface area contributed by atoms with Gasteiger partial charge in [-0.05, 0) is 49.7 Å². The van der Waals surface area contributed by atoms with Crippen molar-refractivity contribution >= 4 is 11.3 Å². The summed E-state index contributed by atoms with van der Waals surface area (Å²) in [6.07, 6.45) is 2.62. The van der Waals surface area contributed by atoms with E-state index in [-0.39, 0.29) is 11.9 Å². The van der Waals surface area contributed by atoms with Crippen LogP contribution >= 0.6 is 0 Å². The summed E-state index contributed by atoms with van der Waals surface area (Å²) < 4.78 is 25.4. The van der Waals surface area contributed by atoms with E-state index in [4.69, 9.17) is 14.5 Å². The summed E-state index contributed by atoms with van der Waals surface area (Å²) in [5.41, 5.74) is 6.57. The maximum Gasteiger partial charge on any atom is 0.150 e. The van der Waals surface area contributed by atoms with E-state index in [1.54, 1.807) is 0 Å². The van der Waals surface area contributed by atoms with Crippen LogP contribution in [0.1, 0.15) is 30.7 Å². The van der Waals surface area contributed by atoms with Crippen molar-refractivity contribution in [3.63, 3.8) is 0 Å². The Balaban J connectivity index is 1.74. The Morgan fingerprint density at radius 2 is 2.10 bits per heavy atom. The summed E-state index contributed by atoms with van der Waals surface area (Å²) in [6.45, 7) is 7.88. The van der Waals surface area contributed by atoms with E-state index in [1.165, 1.54) is 23.3 Å². The Kier molecular flexibility index (Phi) is 5.83. The minimum absolute atomic E-state index is 0.0569. The fourth-order valence-corrected chi connectivity index (χ4v) is 4.08. The summed E-state index contributed by atoms with van der Waals surface area (Å²) in [6, 6.07) is 6.63. The first-order chi connectivity index (χ1) is 14.1. The molecule has 0 aliphatic carbocycles. The predicted molar refractivity (Wildman–Crippen MR) is 113 cm³/mol. The van der Waals surface area contributed by atoms with E-state index < -0.39 is 0 Å². The molecule has 6 heteroatoms. The Morgan fingerprint density at radius 1 is 1.31 bits per heavy atom. The van der Waals surface area contributed by atoms with Gasteiger partial charge in [0.2, 0.25) is 0 Å². The topological polar surface area (TPSA) is 46.6 Å². The quantitative estimate of drug-likeness (QED) is 0.776. The first-order valence-corrected chi connectivity index (χ1v) is 10.2. The third kappa shape index (κ3) is 4.00. The zero-order valence-corrected chi connectivity index (χ0v) is 17.3. The molecular formula is C23H28FN3O2. The zero-order chi connectivity index (χ0) is 20.4. The van der Waals surface area contributed by atoms with Gasteiger partial charge < -0.3 is 19.7 Å². The minimum atomic E-state index is -0.224. The summed E-state index contributed by atoms with van der Waals surface area (Å²) in [4.78, 5) is 7.19. The number of anilines is 1. The molecule has 29 heavy (non-hydrogen) atoms. The first kappa shape index (κ1) is 19.9. The molecule has 0 fully saturated rings. The van der Waals surface area contributed by atoms with Gasteiger partial charge >= 0.3 is 0 Å². The van der Waals surface area contributed by atoms with Crippen LogP contribution < -0.4 is 15.0 Å². The zero-order valence-electron chi connectivity index (χ0n) is 17.3. The molecular weight excluding hydrogens is 369 g/mol. The van der Waals surface area contributed by atoms with E-state index >= 15 is 0 Å². The number of halogens is 1. The van der Waals surface area contributed by atoms with Gasteiger partial charge in [0.15, 0.2) is 5.75 Å². The summed E-state index contributed by atoms with van der Waals surface area (Å²) in [5, 5.41) is 3.23. The van der Waals surface area contributed by atoms with Crippen molar-refractivity contribution in [2.24, 2.45) is 0 Å². The number of hydrogen-bond acceptors (Lipinski definition) is 5. The monoisotopic (exact) mass is 397 g/mol. The highest BCUT2D eigenvalue weighted by Gasteiger charge is 2.34. The van der Waals surface area contributed by atoms with E-state index in [0.29, 0.717) is 19.6 Å². The SMILES string of the molecule is CCOCC1=C(C)c2ncc(Cc3ccc(F)cc3)c3c2N(C1)CC(CNC)O3. The number of hydrogen-bond donors (Lipinski definition) is 1. The second kappa shape index (κ2) is 8.51. The number of rotatable bonds is 7. The average Bonchev–Trinajstić information content (AvgIpc) is 2.72. The van der Waals surface area contributed by atoms with Gasteiger partial charge in [-0.25, -0.2) is 4.39 Å². The van der Waals surface area contributed by atoms with Crippen LogP contribution in [0.2, 0.25) is 0 Å². The molecule has 0 radical (unpaired) electrons. The molecule has 0 saturated heterocycles. The lowest BCUT2D eigenvalue weighted by molar-refractivity contribution is 0.167. The molecule has 0 bridgehead atoms. The van der Waals surface area contributed by atoms with E-state index in [0.717, 1.165) is 47.9 Å². The standard InChI is InChI=1S/C23H28FN3O2/c1-4-28-14-18-12-27-13-20(11-25-3)29-23-17(9-16-5-7-19(24)8-6-16)10-26-21(15(18)2)22(23)27/h5-8,10,20,25H,4,9,11-14H2,1-3H3. The van der Waals surface area contributed by atoms with Crippen molar-refractivity contribution in [3.05, 3.63) is 58.7 Å². The number of aromatic nitrogens is 1. The van der Waals surface area contributed by atoms with Gasteiger partial charge in [0.25, 0.3) is 0 Å². The van der Waals surface area contributed by atoms with Crippen LogP contribution in [0.3, 0.4) is 0 Å². The number of benzene rings is 1. The normalized spacial score (nSPS) is 17.9. The molecule has 0 saturated carbocycles. The number of allylic oxidation sites excluding steroid dienone is 1. The largest absolute Gasteiger partial charge is 0.485 e. The first-order valence-electron chi connectivity index (χ1n) is 10.2. The Morgan fingerprint density at radius 3 is 2.83 bits per heavy atom. The van der Waals surface area contributed by atoms with E-state index in [1.807, 2.05) is 32.3 Å². The summed E-state index contributed by atoms with van der Waals surface area (Å²) in [7, 11) is 1.94. The molecule has 3 heterocycles. The highest BCUT2D eigenvalue weighted by Crippen LogP contribution is 2.45. The van der Waals surface area contributed by atoms with Crippen LogP contribution in [0.5, 0.6) is 5.75 Å². The van der Waals surface area contributed by atoms with Gasteiger partial charge in [-0.1, -0.05) is 12.1 Å². The van der Waals surface area contributed by atoms with Gasteiger partial charge in [-0.3, -0.25) is 4.98 Å². The fraction of sp³-hybridized carbons (Fsp3) is 0.435. The molecule has 2 aromatic rings. The van der Waals surface area contributed by atoms with Crippen molar-refractivity contribution < 1.29 is 13.9 Å². The maximum atomic E-state index is 13.3. The molecule has 1 N–H and O–H groups in total. The van der Waals surface area contributed by atoms with Gasteiger partial charge in [-0.2, -0.15) is 0 Å². The predicted octanol–water partition coefficient (Wildman–Crippen LogP) is 3.42. The van der Waals surface area contributed by atoms with Crippen molar-refractivity contribution in [2.75, 3.05) is 44.8 Å². The third-order valence-corrected chi connectivity index (χ3v) is 5.59. The number of ether oxygens (including phenoxy) is 2. The van der Waals surface area contributed by atoms with Crippen molar-refractivity contribution in [3.8, 4) is 5.75 Å². The number of likely N-dealkylation sites (N-methyl/N-ethyl adjacent to an activating group) is 1. The lowest BCUT2D eigenvalue weighted by Gasteiger charge is -2.41. The highest BCUT2D eigenvalue weighted by atomic mass is 19.1. The van der Waals surface area contributed by atoms with Gasteiger partial charge in [-0.15, -0.1) is 0 Å². The molecule has 1 aromatic carbocycles. The van der Waals surface area contributed by atoms with Crippen molar-refractivity contribution in [2.45, 2.75) is 26.4 Å². The number of nitrogens with one attached hydrogen (secondary N) is 1. The van der Waals surface area contributed by atoms with Gasteiger partial charge in [0.1, 0.15) is 17.6 Å². The van der Waals surface area contributed by atoms with Crippen LogP contribution in [-0.4, -0.2) is 51.0 Å². The maximum absolute atomic E-state index is 13.3.